The van der Waals surface area contributed by atoms with Gasteiger partial charge in [-0.15, -0.1) is 0 Å². The number of nitrogens with two attached hydrogens (primary N) is 1. The summed E-state index contributed by atoms with van der Waals surface area (Å²) in [7, 11) is 0. The molecule has 7 heteroatoms. The molecule has 0 aliphatic carbocycles. The van der Waals surface area contributed by atoms with Gasteiger partial charge in [0, 0.05) is 18.8 Å². The Labute approximate surface area is 120 Å². The molecule has 21 heavy (non-hydrogen) atoms. The van der Waals surface area contributed by atoms with Crippen molar-refractivity contribution in [2.45, 2.75) is 31.5 Å². The highest BCUT2D eigenvalue weighted by molar-refractivity contribution is 5.99. The Morgan fingerprint density at radius 3 is 2.67 bits per heavy atom. The number of hydrogen-bond donors (Lipinski definition) is 2. The van der Waals surface area contributed by atoms with E-state index in [-0.39, 0.29) is 17.8 Å². The Morgan fingerprint density at radius 2 is 2.10 bits per heavy atom. The summed E-state index contributed by atoms with van der Waals surface area (Å²) in [6, 6.07) is 2.69. The lowest BCUT2D eigenvalue weighted by molar-refractivity contribution is -0.137. The molecule has 1 fully saturated rings. The van der Waals surface area contributed by atoms with Gasteiger partial charge in [-0.2, -0.15) is 13.2 Å². The number of carbonyl (C=O) groups is 1. The van der Waals surface area contributed by atoms with E-state index in [2.05, 4.69) is 0 Å². The number of hydrogen-bond acceptors (Lipinski definition) is 3. The van der Waals surface area contributed by atoms with Crippen LogP contribution in [0.15, 0.2) is 18.2 Å². The first-order chi connectivity index (χ1) is 9.60. The predicted molar refractivity (Wildman–Crippen MR) is 71.6 cm³/mol. The number of likely N-dealkylation sites (tertiary alicyclic amines) is 1. The minimum absolute atomic E-state index is 0.00165. The number of nitrogens with zero attached hydrogens (tertiary/aromatic N) is 1. The normalized spacial score (nSPS) is 23.2. The van der Waals surface area contributed by atoms with E-state index < -0.39 is 23.2 Å². The van der Waals surface area contributed by atoms with Gasteiger partial charge in [-0.3, -0.25) is 4.79 Å². The highest BCUT2D eigenvalue weighted by Crippen LogP contribution is 2.32. The molecule has 1 atom stereocenters. The minimum Gasteiger partial charge on any atom is -0.398 e. The lowest BCUT2D eigenvalue weighted by Gasteiger charge is -2.37. The van der Waals surface area contributed by atoms with Crippen molar-refractivity contribution in [2.24, 2.45) is 0 Å². The van der Waals surface area contributed by atoms with Crippen LogP contribution in [-0.4, -0.2) is 34.6 Å². The van der Waals surface area contributed by atoms with Crippen LogP contribution in [0.1, 0.15) is 35.7 Å². The molecule has 0 radical (unpaired) electrons. The molecule has 116 valence electrons. The van der Waals surface area contributed by atoms with Gasteiger partial charge in [0.1, 0.15) is 0 Å². The van der Waals surface area contributed by atoms with Crippen LogP contribution in [0, 0.1) is 0 Å². The van der Waals surface area contributed by atoms with Gasteiger partial charge >= 0.3 is 6.18 Å². The van der Waals surface area contributed by atoms with E-state index >= 15 is 0 Å². The molecule has 2 rings (SSSR count). The molecular weight excluding hydrogens is 285 g/mol. The van der Waals surface area contributed by atoms with Gasteiger partial charge in [-0.1, -0.05) is 0 Å². The van der Waals surface area contributed by atoms with Crippen molar-refractivity contribution in [1.29, 1.82) is 0 Å². The SMILES string of the molecule is CC1(O)CCCN(C(=O)c2cc(C(F)(F)F)ccc2N)C1. The molecule has 1 aromatic rings. The maximum Gasteiger partial charge on any atom is 0.416 e. The van der Waals surface area contributed by atoms with Crippen molar-refractivity contribution < 1.29 is 23.1 Å². The molecule has 3 N–H and O–H groups in total. The first kappa shape index (κ1) is 15.6. The Hall–Kier alpha value is -1.76. The summed E-state index contributed by atoms with van der Waals surface area (Å²) in [5, 5.41) is 9.99. The third kappa shape index (κ3) is 3.47. The number of anilines is 1. The number of rotatable bonds is 1. The van der Waals surface area contributed by atoms with Crippen molar-refractivity contribution in [3.63, 3.8) is 0 Å². The number of β-amino-alcohol motifs (C(OH)–C–C–N with tert-alkyl or cyclic N) is 1. The van der Waals surface area contributed by atoms with E-state index in [1.54, 1.807) is 6.92 Å². The summed E-state index contributed by atoms with van der Waals surface area (Å²) in [5.74, 6) is -0.585. The summed E-state index contributed by atoms with van der Waals surface area (Å²) >= 11 is 0. The minimum atomic E-state index is -4.53. The van der Waals surface area contributed by atoms with E-state index in [1.807, 2.05) is 0 Å². The Kier molecular flexibility index (Phi) is 3.88. The molecule has 0 bridgehead atoms. The molecule has 1 saturated heterocycles. The zero-order chi connectivity index (χ0) is 15.8. The van der Waals surface area contributed by atoms with E-state index in [1.165, 1.54) is 4.90 Å². The number of aliphatic hydroxyl groups is 1. The number of halogens is 3. The van der Waals surface area contributed by atoms with Gasteiger partial charge in [0.2, 0.25) is 0 Å². The molecule has 4 nitrogen and oxygen atoms in total. The number of alkyl halides is 3. The summed E-state index contributed by atoms with van der Waals surface area (Å²) in [4.78, 5) is 13.7. The maximum absolute atomic E-state index is 12.7. The molecule has 0 spiro atoms. The predicted octanol–water partition coefficient (Wildman–Crippen LogP) is 2.27. The molecule has 1 amide bonds. The van der Waals surface area contributed by atoms with Gasteiger partial charge in [0.05, 0.1) is 16.7 Å². The van der Waals surface area contributed by atoms with Gasteiger partial charge in [0.15, 0.2) is 0 Å². The van der Waals surface area contributed by atoms with Crippen LogP contribution in [0.25, 0.3) is 0 Å². The van der Waals surface area contributed by atoms with Gasteiger partial charge in [0.25, 0.3) is 5.91 Å². The monoisotopic (exact) mass is 302 g/mol. The van der Waals surface area contributed by atoms with E-state index in [4.69, 9.17) is 5.73 Å². The quantitative estimate of drug-likeness (QED) is 0.782. The number of amides is 1. The van der Waals surface area contributed by atoms with Gasteiger partial charge in [-0.05, 0) is 38.0 Å². The fourth-order valence-corrected chi connectivity index (χ4v) is 2.48. The van der Waals surface area contributed by atoms with Crippen LogP contribution < -0.4 is 5.73 Å². The van der Waals surface area contributed by atoms with Crippen molar-refractivity contribution in [2.75, 3.05) is 18.8 Å². The summed E-state index contributed by atoms with van der Waals surface area (Å²) < 4.78 is 38.2. The number of benzene rings is 1. The summed E-state index contributed by atoms with van der Waals surface area (Å²) in [5.41, 5.74) is 3.51. The fraction of sp³-hybridized carbons (Fsp3) is 0.500. The Balaban J connectivity index is 2.30. The Morgan fingerprint density at radius 1 is 1.43 bits per heavy atom. The fourth-order valence-electron chi connectivity index (χ4n) is 2.48. The largest absolute Gasteiger partial charge is 0.416 e. The second kappa shape index (κ2) is 5.22. The average molecular weight is 302 g/mol. The molecule has 0 aromatic heterocycles. The zero-order valence-corrected chi connectivity index (χ0v) is 11.6. The standard InChI is InChI=1S/C14H17F3N2O2/c1-13(21)5-2-6-19(8-13)12(20)10-7-9(14(15,16)17)3-4-11(10)18/h3-4,7,21H,2,5-6,8,18H2,1H3. The molecule has 0 saturated carbocycles. The number of piperidine rings is 1. The number of carbonyl (C=O) groups excluding carboxylic acids is 1. The van der Waals surface area contributed by atoms with E-state index in [0.29, 0.717) is 19.4 Å². The molecule has 1 unspecified atom stereocenters. The topological polar surface area (TPSA) is 66.6 Å². The lowest BCUT2D eigenvalue weighted by Crippen LogP contribution is -2.48. The van der Waals surface area contributed by atoms with Crippen molar-refractivity contribution in [1.82, 2.24) is 4.90 Å². The maximum atomic E-state index is 12.7. The van der Waals surface area contributed by atoms with Crippen LogP contribution in [0.5, 0.6) is 0 Å². The van der Waals surface area contributed by atoms with Crippen molar-refractivity contribution in [3.8, 4) is 0 Å². The molecular formula is C14H17F3N2O2. The van der Waals surface area contributed by atoms with Gasteiger partial charge in [-0.25, -0.2) is 0 Å². The second-order valence-electron chi connectivity index (χ2n) is 5.63. The highest BCUT2D eigenvalue weighted by Gasteiger charge is 2.34. The zero-order valence-electron chi connectivity index (χ0n) is 11.6. The summed E-state index contributed by atoms with van der Waals surface area (Å²) in [6.07, 6.45) is -3.39. The lowest BCUT2D eigenvalue weighted by atomic mass is 9.94. The molecule has 1 aliphatic rings. The second-order valence-corrected chi connectivity index (χ2v) is 5.63. The van der Waals surface area contributed by atoms with Crippen LogP contribution in [0.3, 0.4) is 0 Å². The van der Waals surface area contributed by atoms with Crippen LogP contribution >= 0.6 is 0 Å². The average Bonchev–Trinajstić information content (AvgIpc) is 2.36. The van der Waals surface area contributed by atoms with Gasteiger partial charge < -0.3 is 15.7 Å². The smallest absolute Gasteiger partial charge is 0.398 e. The first-order valence-electron chi connectivity index (χ1n) is 6.58. The highest BCUT2D eigenvalue weighted by atomic mass is 19.4. The number of nitrogen functional groups attached to an aromatic ring is 1. The summed E-state index contributed by atoms with van der Waals surface area (Å²) in [6.45, 7) is 2.08. The molecule has 1 aromatic carbocycles. The third-order valence-corrected chi connectivity index (χ3v) is 3.57. The molecule has 1 heterocycles. The van der Waals surface area contributed by atoms with Crippen molar-refractivity contribution in [3.05, 3.63) is 29.3 Å². The van der Waals surface area contributed by atoms with Crippen LogP contribution in [0.4, 0.5) is 18.9 Å². The first-order valence-corrected chi connectivity index (χ1v) is 6.58. The van der Waals surface area contributed by atoms with Crippen LogP contribution in [0.2, 0.25) is 0 Å². The van der Waals surface area contributed by atoms with E-state index in [0.717, 1.165) is 18.2 Å². The third-order valence-electron chi connectivity index (χ3n) is 3.57. The van der Waals surface area contributed by atoms with Crippen LogP contribution in [-0.2, 0) is 6.18 Å². The van der Waals surface area contributed by atoms with Crippen molar-refractivity contribution >= 4 is 11.6 Å². The molecule has 1 aliphatic heterocycles. The van der Waals surface area contributed by atoms with E-state index in [9.17, 15) is 23.1 Å². The Bertz CT molecular complexity index is 556.